The molecule has 7 nitrogen and oxygen atoms in total. The van der Waals surface area contributed by atoms with Gasteiger partial charge in [-0.2, -0.15) is 0 Å². The molecule has 1 fully saturated rings. The van der Waals surface area contributed by atoms with Gasteiger partial charge in [-0.25, -0.2) is 4.98 Å². The van der Waals surface area contributed by atoms with Gasteiger partial charge >= 0.3 is 0 Å². The molecular formula is C17H19N3O4. The lowest BCUT2D eigenvalue weighted by molar-refractivity contribution is -0.119. The van der Waals surface area contributed by atoms with Gasteiger partial charge in [0.2, 0.25) is 11.8 Å². The molecule has 1 atom stereocenters. The lowest BCUT2D eigenvalue weighted by atomic mass is 10.1. The molecule has 1 saturated heterocycles. The largest absolute Gasteiger partial charge is 0.491 e. The standard InChI is InChI=1S/C17H19N3O4/c1-23-17-12(16(18)22)9-10-3-2-4-13(15(10)20-17)24-8-7-11-5-6-14(21)19-11/h2-4,9,11H,5-8H2,1H3,(H2,18,22)(H,19,21)/t11-/m0/s1. The predicted molar refractivity (Wildman–Crippen MR) is 88.1 cm³/mol. The van der Waals surface area contributed by atoms with Gasteiger partial charge in [-0.1, -0.05) is 12.1 Å². The summed E-state index contributed by atoms with van der Waals surface area (Å²) in [5, 5.41) is 3.66. The number of carbonyl (C=O) groups is 2. The third-order valence-electron chi connectivity index (χ3n) is 4.04. The Balaban J connectivity index is 1.80. The van der Waals surface area contributed by atoms with Crippen LogP contribution in [-0.4, -0.2) is 36.6 Å². The summed E-state index contributed by atoms with van der Waals surface area (Å²) < 4.78 is 11.0. The van der Waals surface area contributed by atoms with Gasteiger partial charge in [0.05, 0.1) is 13.7 Å². The van der Waals surface area contributed by atoms with Crippen LogP contribution in [0, 0.1) is 0 Å². The highest BCUT2D eigenvalue weighted by Crippen LogP contribution is 2.29. The number of nitrogens with two attached hydrogens (primary N) is 1. The number of rotatable bonds is 6. The third-order valence-corrected chi connectivity index (χ3v) is 4.04. The van der Waals surface area contributed by atoms with Gasteiger partial charge in [-0.3, -0.25) is 9.59 Å². The molecule has 0 spiro atoms. The van der Waals surface area contributed by atoms with Crippen LogP contribution in [0.15, 0.2) is 24.3 Å². The quantitative estimate of drug-likeness (QED) is 0.833. The molecule has 3 rings (SSSR count). The fourth-order valence-electron chi connectivity index (χ4n) is 2.81. The SMILES string of the molecule is COc1nc2c(OCC[C@@H]3CCC(=O)N3)cccc2cc1C(N)=O. The monoisotopic (exact) mass is 329 g/mol. The number of primary amides is 1. The number of para-hydroxylation sites is 1. The molecule has 0 aliphatic carbocycles. The number of methoxy groups -OCH3 is 1. The van der Waals surface area contributed by atoms with E-state index in [0.717, 1.165) is 18.2 Å². The number of hydrogen-bond acceptors (Lipinski definition) is 5. The van der Waals surface area contributed by atoms with Crippen LogP contribution in [0.25, 0.3) is 10.9 Å². The molecular weight excluding hydrogens is 310 g/mol. The Morgan fingerprint density at radius 3 is 2.96 bits per heavy atom. The van der Waals surface area contributed by atoms with E-state index in [1.165, 1.54) is 7.11 Å². The molecule has 1 aromatic heterocycles. The first kappa shape index (κ1) is 16.0. The zero-order chi connectivity index (χ0) is 17.1. The van der Waals surface area contributed by atoms with Crippen molar-refractivity contribution in [2.24, 2.45) is 5.73 Å². The predicted octanol–water partition coefficient (Wildman–Crippen LogP) is 1.39. The molecule has 0 bridgehead atoms. The Hall–Kier alpha value is -2.83. The molecule has 2 amide bonds. The minimum atomic E-state index is -0.593. The molecule has 1 aliphatic rings. The topological polar surface area (TPSA) is 104 Å². The molecule has 0 unspecified atom stereocenters. The summed E-state index contributed by atoms with van der Waals surface area (Å²) in [4.78, 5) is 27.1. The van der Waals surface area contributed by atoms with Gasteiger partial charge in [-0.15, -0.1) is 0 Å². The molecule has 0 saturated carbocycles. The maximum absolute atomic E-state index is 11.5. The minimum Gasteiger partial charge on any atom is -0.491 e. The number of ether oxygens (including phenoxy) is 2. The number of amides is 2. The summed E-state index contributed by atoms with van der Waals surface area (Å²) >= 11 is 0. The number of fused-ring (bicyclic) bond motifs is 1. The van der Waals surface area contributed by atoms with Gasteiger partial charge in [0.1, 0.15) is 16.8 Å². The van der Waals surface area contributed by atoms with Gasteiger partial charge in [0, 0.05) is 24.3 Å². The fourth-order valence-corrected chi connectivity index (χ4v) is 2.81. The van der Waals surface area contributed by atoms with Crippen LogP contribution < -0.4 is 20.5 Å². The van der Waals surface area contributed by atoms with Crippen molar-refractivity contribution in [2.45, 2.75) is 25.3 Å². The Bertz CT molecular complexity index is 791. The van der Waals surface area contributed by atoms with Crippen LogP contribution >= 0.6 is 0 Å². The smallest absolute Gasteiger partial charge is 0.254 e. The van der Waals surface area contributed by atoms with E-state index < -0.39 is 5.91 Å². The van der Waals surface area contributed by atoms with E-state index in [1.54, 1.807) is 6.07 Å². The molecule has 126 valence electrons. The first-order chi connectivity index (χ1) is 11.6. The van der Waals surface area contributed by atoms with Gasteiger partial charge in [0.15, 0.2) is 0 Å². The van der Waals surface area contributed by atoms with Crippen LogP contribution in [0.3, 0.4) is 0 Å². The first-order valence-electron chi connectivity index (χ1n) is 7.78. The van der Waals surface area contributed by atoms with Crippen molar-refractivity contribution in [3.8, 4) is 11.6 Å². The van der Waals surface area contributed by atoms with Crippen molar-refractivity contribution in [2.75, 3.05) is 13.7 Å². The van der Waals surface area contributed by atoms with Gasteiger partial charge < -0.3 is 20.5 Å². The lowest BCUT2D eigenvalue weighted by Crippen LogP contribution is -2.26. The van der Waals surface area contributed by atoms with E-state index in [9.17, 15) is 9.59 Å². The second-order valence-corrected chi connectivity index (χ2v) is 5.68. The van der Waals surface area contributed by atoms with E-state index in [2.05, 4.69) is 10.3 Å². The minimum absolute atomic E-state index is 0.0931. The van der Waals surface area contributed by atoms with E-state index in [0.29, 0.717) is 24.3 Å². The summed E-state index contributed by atoms with van der Waals surface area (Å²) in [6, 6.07) is 7.28. The first-order valence-corrected chi connectivity index (χ1v) is 7.78. The third kappa shape index (κ3) is 3.24. The highest BCUT2D eigenvalue weighted by atomic mass is 16.5. The number of aromatic nitrogens is 1. The number of pyridine rings is 1. The lowest BCUT2D eigenvalue weighted by Gasteiger charge is -2.13. The van der Waals surface area contributed by atoms with Crippen LogP contribution in [0.5, 0.6) is 11.6 Å². The summed E-state index contributed by atoms with van der Waals surface area (Å²) in [7, 11) is 1.44. The highest BCUT2D eigenvalue weighted by Gasteiger charge is 2.20. The summed E-state index contributed by atoms with van der Waals surface area (Å²) in [5.74, 6) is 0.278. The second kappa shape index (κ2) is 6.74. The van der Waals surface area contributed by atoms with E-state index >= 15 is 0 Å². The van der Waals surface area contributed by atoms with E-state index in [4.69, 9.17) is 15.2 Å². The number of nitrogens with one attached hydrogen (secondary N) is 1. The second-order valence-electron chi connectivity index (χ2n) is 5.68. The fraction of sp³-hybridized carbons (Fsp3) is 0.353. The van der Waals surface area contributed by atoms with Crippen molar-refractivity contribution in [3.63, 3.8) is 0 Å². The van der Waals surface area contributed by atoms with Crippen molar-refractivity contribution >= 4 is 22.7 Å². The Kier molecular flexibility index (Phi) is 4.50. The molecule has 3 N–H and O–H groups in total. The molecule has 7 heteroatoms. The Labute approximate surface area is 139 Å². The van der Waals surface area contributed by atoms with Crippen molar-refractivity contribution < 1.29 is 19.1 Å². The number of nitrogens with zero attached hydrogens (tertiary/aromatic N) is 1. The van der Waals surface area contributed by atoms with E-state index in [-0.39, 0.29) is 23.4 Å². The maximum atomic E-state index is 11.5. The van der Waals surface area contributed by atoms with Gasteiger partial charge in [-0.05, 0) is 18.6 Å². The van der Waals surface area contributed by atoms with E-state index in [1.807, 2.05) is 18.2 Å². The summed E-state index contributed by atoms with van der Waals surface area (Å²) in [5.41, 5.74) is 6.19. The van der Waals surface area contributed by atoms with Crippen molar-refractivity contribution in [3.05, 3.63) is 29.8 Å². The average molecular weight is 329 g/mol. The average Bonchev–Trinajstić information content (AvgIpc) is 2.99. The molecule has 1 aliphatic heterocycles. The highest BCUT2D eigenvalue weighted by molar-refractivity contribution is 5.99. The molecule has 2 heterocycles. The summed E-state index contributed by atoms with van der Waals surface area (Å²) in [6.45, 7) is 0.464. The Morgan fingerprint density at radius 2 is 2.29 bits per heavy atom. The zero-order valence-corrected chi connectivity index (χ0v) is 13.4. The molecule has 24 heavy (non-hydrogen) atoms. The summed E-state index contributed by atoms with van der Waals surface area (Å²) in [6.07, 6.45) is 2.15. The Morgan fingerprint density at radius 1 is 1.46 bits per heavy atom. The number of hydrogen-bond donors (Lipinski definition) is 2. The molecule has 0 radical (unpaired) electrons. The van der Waals surface area contributed by atoms with Crippen LogP contribution in [0.4, 0.5) is 0 Å². The van der Waals surface area contributed by atoms with Crippen molar-refractivity contribution in [1.82, 2.24) is 10.3 Å². The van der Waals surface area contributed by atoms with Crippen molar-refractivity contribution in [1.29, 1.82) is 0 Å². The van der Waals surface area contributed by atoms with Crippen LogP contribution in [0.2, 0.25) is 0 Å². The molecule has 2 aromatic rings. The number of carbonyl (C=O) groups excluding carboxylic acids is 2. The van der Waals surface area contributed by atoms with Gasteiger partial charge in [0.25, 0.3) is 5.91 Å². The van der Waals surface area contributed by atoms with Crippen LogP contribution in [-0.2, 0) is 4.79 Å². The molecule has 1 aromatic carbocycles. The normalized spacial score (nSPS) is 16.9. The number of benzene rings is 1. The zero-order valence-electron chi connectivity index (χ0n) is 13.4. The maximum Gasteiger partial charge on any atom is 0.254 e. The van der Waals surface area contributed by atoms with Crippen LogP contribution in [0.1, 0.15) is 29.6 Å².